The molecular formula is C17H28O8. The Balaban J connectivity index is 0.00000178. The van der Waals surface area contributed by atoms with Crippen molar-refractivity contribution in [3.8, 4) is 0 Å². The fraction of sp³-hybridized carbons (Fsp3) is 0.824. The third kappa shape index (κ3) is 8.25. The predicted octanol–water partition coefficient (Wildman–Crippen LogP) is 1.57. The van der Waals surface area contributed by atoms with Gasteiger partial charge < -0.3 is 18.9 Å². The van der Waals surface area contributed by atoms with Gasteiger partial charge in [0.25, 0.3) is 0 Å². The fourth-order valence-electron chi connectivity index (χ4n) is 2.63. The maximum Gasteiger partial charge on any atom is 0.373 e. The van der Waals surface area contributed by atoms with Crippen LogP contribution in [-0.4, -0.2) is 50.3 Å². The average Bonchev–Trinajstić information content (AvgIpc) is 2.54. The van der Waals surface area contributed by atoms with Crippen molar-refractivity contribution in [3.63, 3.8) is 0 Å². The van der Waals surface area contributed by atoms with Gasteiger partial charge in [0.15, 0.2) is 6.29 Å². The van der Waals surface area contributed by atoms with Crippen molar-refractivity contribution in [2.75, 3.05) is 13.7 Å². The third-order valence-electron chi connectivity index (χ3n) is 4.48. The van der Waals surface area contributed by atoms with E-state index in [1.54, 1.807) is 0 Å². The molecule has 2 unspecified atom stereocenters. The number of carbonyl (C=O) groups is 2. The van der Waals surface area contributed by atoms with E-state index in [1.807, 2.05) is 6.92 Å². The molecule has 0 saturated carbocycles. The molecule has 1 heterocycles. The summed E-state index contributed by atoms with van der Waals surface area (Å²) >= 11 is 0. The summed E-state index contributed by atoms with van der Waals surface area (Å²) in [6.45, 7) is 9.71. The molecular weight excluding hydrogens is 332 g/mol. The number of methoxy groups -OCH3 is 1. The quantitative estimate of drug-likeness (QED) is 0.657. The van der Waals surface area contributed by atoms with E-state index in [9.17, 15) is 9.59 Å². The summed E-state index contributed by atoms with van der Waals surface area (Å²) in [5, 5.41) is 0. The van der Waals surface area contributed by atoms with Gasteiger partial charge in [0.2, 0.25) is 0 Å². The molecule has 1 aliphatic rings. The molecule has 8 nitrogen and oxygen atoms in total. The van der Waals surface area contributed by atoms with E-state index < -0.39 is 6.29 Å². The van der Waals surface area contributed by atoms with Gasteiger partial charge in [-0.05, 0) is 18.8 Å². The van der Waals surface area contributed by atoms with E-state index in [0.717, 1.165) is 0 Å². The highest BCUT2D eigenvalue weighted by Crippen LogP contribution is 2.36. The van der Waals surface area contributed by atoms with Crippen LogP contribution in [-0.2, 0) is 38.1 Å². The summed E-state index contributed by atoms with van der Waals surface area (Å²) in [5.74, 6) is 0.158. The second kappa shape index (κ2) is 11.7. The number of hydrogen-bond donors (Lipinski definition) is 0. The molecule has 1 fully saturated rings. The molecule has 0 spiro atoms. The predicted molar refractivity (Wildman–Crippen MR) is 85.0 cm³/mol. The van der Waals surface area contributed by atoms with Crippen molar-refractivity contribution in [1.82, 2.24) is 0 Å². The second-order valence-corrected chi connectivity index (χ2v) is 6.23. The summed E-state index contributed by atoms with van der Waals surface area (Å²) in [7, 11) is 1.35. The Morgan fingerprint density at radius 1 is 1.12 bits per heavy atom. The zero-order valence-corrected chi connectivity index (χ0v) is 15.6. The first-order valence-electron chi connectivity index (χ1n) is 8.18. The summed E-state index contributed by atoms with van der Waals surface area (Å²) in [6, 6.07) is 0. The lowest BCUT2D eigenvalue weighted by Crippen LogP contribution is -2.48. The lowest BCUT2D eigenvalue weighted by atomic mass is 9.79. The van der Waals surface area contributed by atoms with Crippen LogP contribution < -0.4 is 0 Å². The van der Waals surface area contributed by atoms with E-state index in [1.165, 1.54) is 14.0 Å². The Labute approximate surface area is 148 Å². The highest BCUT2D eigenvalue weighted by molar-refractivity contribution is 5.69. The van der Waals surface area contributed by atoms with Gasteiger partial charge in [-0.25, -0.2) is 0 Å². The van der Waals surface area contributed by atoms with E-state index in [0.29, 0.717) is 5.92 Å². The number of hydrogen-bond acceptors (Lipinski definition) is 8. The Morgan fingerprint density at radius 3 is 2.16 bits per heavy atom. The summed E-state index contributed by atoms with van der Waals surface area (Å²) < 4.78 is 21.6. The molecule has 8 heteroatoms. The molecule has 0 bridgehead atoms. The van der Waals surface area contributed by atoms with Crippen LogP contribution in [0.1, 0.15) is 41.0 Å². The first-order chi connectivity index (χ1) is 11.7. The Morgan fingerprint density at radius 2 is 1.68 bits per heavy atom. The highest BCUT2D eigenvalue weighted by Gasteiger charge is 2.40. The van der Waals surface area contributed by atoms with Gasteiger partial charge in [0.1, 0.15) is 6.61 Å². The van der Waals surface area contributed by atoms with Crippen LogP contribution in [0.2, 0.25) is 0 Å². The number of rotatable bonds is 6. The number of esters is 2. The fourth-order valence-corrected chi connectivity index (χ4v) is 2.63. The van der Waals surface area contributed by atoms with Crippen molar-refractivity contribution < 1.29 is 38.1 Å². The molecule has 6 atom stereocenters. The van der Waals surface area contributed by atoms with Gasteiger partial charge in [-0.1, -0.05) is 20.8 Å². The van der Waals surface area contributed by atoms with Crippen molar-refractivity contribution in [1.29, 1.82) is 0 Å². The summed E-state index contributed by atoms with van der Waals surface area (Å²) in [4.78, 5) is 38.5. The SMILES string of the molecule is COC(=O)C[C@@H](C)O[C@H]1OC(COC(C)=O)[C@@H](C)[C@H](C)C1C.O=C=O. The summed E-state index contributed by atoms with van der Waals surface area (Å²) in [5.41, 5.74) is 0. The molecule has 0 aromatic heterocycles. The van der Waals surface area contributed by atoms with Crippen LogP contribution in [0, 0.1) is 17.8 Å². The molecule has 0 N–H and O–H groups in total. The van der Waals surface area contributed by atoms with Gasteiger partial charge >= 0.3 is 18.1 Å². The zero-order chi connectivity index (χ0) is 19.6. The van der Waals surface area contributed by atoms with E-state index in [4.69, 9.17) is 23.8 Å². The lowest BCUT2D eigenvalue weighted by molar-refractivity contribution is -0.268. The normalized spacial score (nSPS) is 29.4. The smallest absolute Gasteiger partial charge is 0.373 e. The molecule has 0 aromatic carbocycles. The van der Waals surface area contributed by atoms with E-state index >= 15 is 0 Å². The zero-order valence-electron chi connectivity index (χ0n) is 15.6. The van der Waals surface area contributed by atoms with Crippen molar-refractivity contribution in [3.05, 3.63) is 0 Å². The van der Waals surface area contributed by atoms with Crippen LogP contribution in [0.15, 0.2) is 0 Å². The second-order valence-electron chi connectivity index (χ2n) is 6.23. The van der Waals surface area contributed by atoms with Gasteiger partial charge in [0.05, 0.1) is 25.7 Å². The Kier molecular flexibility index (Phi) is 10.9. The maximum atomic E-state index is 11.3. The van der Waals surface area contributed by atoms with Crippen LogP contribution in [0.4, 0.5) is 0 Å². The molecule has 1 saturated heterocycles. The van der Waals surface area contributed by atoms with Crippen molar-refractivity contribution >= 4 is 18.1 Å². The monoisotopic (exact) mass is 360 g/mol. The van der Waals surface area contributed by atoms with Crippen molar-refractivity contribution in [2.45, 2.75) is 59.5 Å². The molecule has 0 amide bonds. The van der Waals surface area contributed by atoms with Crippen LogP contribution in [0.3, 0.4) is 0 Å². The topological polar surface area (TPSA) is 105 Å². The largest absolute Gasteiger partial charge is 0.469 e. The molecule has 144 valence electrons. The third-order valence-corrected chi connectivity index (χ3v) is 4.48. The Bertz CT molecular complexity index is 458. The van der Waals surface area contributed by atoms with Crippen LogP contribution in [0.5, 0.6) is 0 Å². The highest BCUT2D eigenvalue weighted by atomic mass is 16.7. The number of carbonyl (C=O) groups excluding carboxylic acids is 4. The molecule has 0 radical (unpaired) electrons. The first kappa shape index (κ1) is 23.2. The Hall–Kier alpha value is -1.76. The standard InChI is InChI=1S/C16H28O6.CO2/c1-9(7-15(18)19-6)21-16-12(4)10(2)11(3)14(22-16)8-20-13(5)17;2-1-3/h9-12,14,16H,7-8H2,1-6H3;/t9-,10+,11+,12?,14?,16+;/m1./s1. The molecule has 0 aromatic rings. The lowest BCUT2D eigenvalue weighted by Gasteiger charge is -2.43. The minimum absolute atomic E-state index is 0.182. The first-order valence-corrected chi connectivity index (χ1v) is 8.18. The van der Waals surface area contributed by atoms with Gasteiger partial charge in [-0.3, -0.25) is 9.59 Å². The minimum atomic E-state index is -0.425. The van der Waals surface area contributed by atoms with Gasteiger partial charge in [-0.15, -0.1) is 0 Å². The maximum absolute atomic E-state index is 11.3. The van der Waals surface area contributed by atoms with Gasteiger partial charge in [-0.2, -0.15) is 9.59 Å². The van der Waals surface area contributed by atoms with Crippen molar-refractivity contribution in [2.24, 2.45) is 17.8 Å². The van der Waals surface area contributed by atoms with E-state index in [-0.39, 0.29) is 55.2 Å². The minimum Gasteiger partial charge on any atom is -0.469 e. The van der Waals surface area contributed by atoms with E-state index in [2.05, 4.69) is 25.5 Å². The molecule has 0 aliphatic carbocycles. The average molecular weight is 360 g/mol. The number of ether oxygens (including phenoxy) is 4. The van der Waals surface area contributed by atoms with Crippen LogP contribution in [0.25, 0.3) is 0 Å². The molecule has 1 aliphatic heterocycles. The summed E-state index contributed by atoms with van der Waals surface area (Å²) in [6.07, 6.45) is -0.492. The van der Waals surface area contributed by atoms with Gasteiger partial charge in [0, 0.05) is 12.8 Å². The molecule has 25 heavy (non-hydrogen) atoms. The molecule has 1 rings (SSSR count). The van der Waals surface area contributed by atoms with Crippen LogP contribution >= 0.6 is 0 Å².